The molecular formula is C15H16NO4. The molecule has 20 heavy (non-hydrogen) atoms. The number of carbonyl (C=O) groups excluding carboxylic acids is 2. The molecule has 0 bridgehead atoms. The van der Waals surface area contributed by atoms with E-state index in [2.05, 4.69) is 6.92 Å². The van der Waals surface area contributed by atoms with E-state index in [1.165, 1.54) is 4.90 Å². The van der Waals surface area contributed by atoms with Gasteiger partial charge in [0.15, 0.2) is 6.29 Å². The van der Waals surface area contributed by atoms with Crippen LogP contribution in [0.3, 0.4) is 0 Å². The topological polar surface area (TPSA) is 55.8 Å². The Bertz CT molecular complexity index is 512. The third-order valence-corrected chi connectivity index (χ3v) is 3.56. The lowest BCUT2D eigenvalue weighted by Crippen LogP contribution is -2.50. The lowest BCUT2D eigenvalue weighted by atomic mass is 10.1. The Morgan fingerprint density at radius 2 is 1.65 bits per heavy atom. The van der Waals surface area contributed by atoms with Gasteiger partial charge in [0.25, 0.3) is 11.8 Å². The van der Waals surface area contributed by atoms with E-state index >= 15 is 0 Å². The van der Waals surface area contributed by atoms with Crippen LogP contribution in [0.5, 0.6) is 0 Å². The van der Waals surface area contributed by atoms with Crippen LogP contribution in [0.15, 0.2) is 24.3 Å². The Hall–Kier alpha value is -1.72. The summed E-state index contributed by atoms with van der Waals surface area (Å²) < 4.78 is 11.1. The predicted molar refractivity (Wildman–Crippen MR) is 70.9 cm³/mol. The minimum absolute atomic E-state index is 0.00173. The zero-order chi connectivity index (χ0) is 14.3. The highest BCUT2D eigenvalue weighted by Gasteiger charge is 2.41. The minimum Gasteiger partial charge on any atom is -0.350 e. The van der Waals surface area contributed by atoms with Crippen LogP contribution in [-0.2, 0) is 9.47 Å². The molecule has 1 unspecified atom stereocenters. The van der Waals surface area contributed by atoms with Gasteiger partial charge in [0.05, 0.1) is 30.4 Å². The van der Waals surface area contributed by atoms with E-state index in [1.807, 2.05) is 6.92 Å². The molecular weight excluding hydrogens is 258 g/mol. The first-order chi connectivity index (χ1) is 9.59. The van der Waals surface area contributed by atoms with Crippen LogP contribution in [0.2, 0.25) is 0 Å². The molecule has 5 heteroatoms. The molecule has 1 aromatic rings. The second-order valence-corrected chi connectivity index (χ2v) is 5.19. The molecule has 0 aliphatic carbocycles. The van der Waals surface area contributed by atoms with Crippen molar-refractivity contribution in [2.45, 2.75) is 19.3 Å². The van der Waals surface area contributed by atoms with Crippen LogP contribution < -0.4 is 0 Å². The normalized spacial score (nSPS) is 26.2. The van der Waals surface area contributed by atoms with Gasteiger partial charge in [-0.1, -0.05) is 19.1 Å². The fourth-order valence-corrected chi connectivity index (χ4v) is 2.53. The summed E-state index contributed by atoms with van der Waals surface area (Å²) in [7, 11) is 0. The van der Waals surface area contributed by atoms with Crippen molar-refractivity contribution in [1.82, 2.24) is 4.90 Å². The molecule has 2 aliphatic rings. The van der Waals surface area contributed by atoms with Crippen molar-refractivity contribution in [3.63, 3.8) is 0 Å². The van der Waals surface area contributed by atoms with Crippen molar-refractivity contribution >= 4 is 11.8 Å². The highest BCUT2D eigenvalue weighted by atomic mass is 16.7. The van der Waals surface area contributed by atoms with E-state index in [0.29, 0.717) is 11.1 Å². The van der Waals surface area contributed by atoms with Gasteiger partial charge in [-0.25, -0.2) is 0 Å². The summed E-state index contributed by atoms with van der Waals surface area (Å²) in [5.41, 5.74) is 0.898. The molecule has 0 saturated carbocycles. The molecule has 1 fully saturated rings. The van der Waals surface area contributed by atoms with E-state index in [9.17, 15) is 9.59 Å². The number of benzene rings is 1. The summed E-state index contributed by atoms with van der Waals surface area (Å²) in [6.07, 6.45) is -0.374. The first-order valence-electron chi connectivity index (χ1n) is 6.63. The Morgan fingerprint density at radius 3 is 2.10 bits per heavy atom. The number of fused-ring (bicyclic) bond motifs is 1. The fourth-order valence-electron chi connectivity index (χ4n) is 2.53. The SMILES string of the molecule is [CH2]C(C)C1OCC(N2C(=O)c3ccccc3C2=O)CO1. The van der Waals surface area contributed by atoms with Crippen molar-refractivity contribution in [2.24, 2.45) is 5.92 Å². The third kappa shape index (κ3) is 2.03. The van der Waals surface area contributed by atoms with Gasteiger partial charge in [-0.3, -0.25) is 14.5 Å². The Kier molecular flexibility index (Phi) is 3.31. The maximum atomic E-state index is 12.3. The van der Waals surface area contributed by atoms with Crippen LogP contribution in [0, 0.1) is 12.8 Å². The van der Waals surface area contributed by atoms with Crippen LogP contribution in [-0.4, -0.2) is 42.3 Å². The van der Waals surface area contributed by atoms with Crippen LogP contribution in [0.25, 0.3) is 0 Å². The lowest BCUT2D eigenvalue weighted by molar-refractivity contribution is -0.211. The molecule has 1 saturated heterocycles. The average molecular weight is 274 g/mol. The van der Waals surface area contributed by atoms with E-state index in [0.717, 1.165) is 0 Å². The number of hydrogen-bond donors (Lipinski definition) is 0. The number of rotatable bonds is 2. The van der Waals surface area contributed by atoms with E-state index in [-0.39, 0.29) is 43.3 Å². The van der Waals surface area contributed by atoms with E-state index in [4.69, 9.17) is 9.47 Å². The molecule has 2 heterocycles. The van der Waals surface area contributed by atoms with Gasteiger partial charge in [-0.15, -0.1) is 0 Å². The van der Waals surface area contributed by atoms with Gasteiger partial charge in [0.1, 0.15) is 0 Å². The van der Waals surface area contributed by atoms with Crippen LogP contribution in [0.1, 0.15) is 27.6 Å². The first-order valence-corrected chi connectivity index (χ1v) is 6.63. The van der Waals surface area contributed by atoms with E-state index < -0.39 is 0 Å². The Morgan fingerprint density at radius 1 is 1.15 bits per heavy atom. The smallest absolute Gasteiger partial charge is 0.261 e. The third-order valence-electron chi connectivity index (χ3n) is 3.56. The second-order valence-electron chi connectivity index (χ2n) is 5.19. The Balaban J connectivity index is 1.77. The number of imide groups is 1. The predicted octanol–water partition coefficient (Wildman–Crippen LogP) is 1.49. The van der Waals surface area contributed by atoms with Gasteiger partial charge in [0.2, 0.25) is 0 Å². The zero-order valence-corrected chi connectivity index (χ0v) is 11.2. The number of hydrogen-bond acceptors (Lipinski definition) is 4. The number of carbonyl (C=O) groups is 2. The van der Waals surface area contributed by atoms with Gasteiger partial charge in [-0.2, -0.15) is 0 Å². The van der Waals surface area contributed by atoms with Crippen LogP contribution >= 0.6 is 0 Å². The maximum absolute atomic E-state index is 12.3. The van der Waals surface area contributed by atoms with Gasteiger partial charge >= 0.3 is 0 Å². The lowest BCUT2D eigenvalue weighted by Gasteiger charge is -2.35. The molecule has 105 valence electrons. The van der Waals surface area contributed by atoms with Gasteiger partial charge in [-0.05, 0) is 19.1 Å². The van der Waals surface area contributed by atoms with Gasteiger partial charge in [0, 0.05) is 5.92 Å². The molecule has 3 rings (SSSR count). The molecule has 5 nitrogen and oxygen atoms in total. The summed E-state index contributed by atoms with van der Waals surface area (Å²) in [5, 5.41) is 0. The molecule has 0 N–H and O–H groups in total. The monoisotopic (exact) mass is 274 g/mol. The van der Waals surface area contributed by atoms with Crippen molar-refractivity contribution in [1.29, 1.82) is 0 Å². The van der Waals surface area contributed by atoms with Crippen molar-refractivity contribution in [3.8, 4) is 0 Å². The fraction of sp³-hybridized carbons (Fsp3) is 0.400. The number of nitrogens with zero attached hydrogens (tertiary/aromatic N) is 1. The zero-order valence-electron chi connectivity index (χ0n) is 11.2. The highest BCUT2D eigenvalue weighted by Crippen LogP contribution is 2.27. The van der Waals surface area contributed by atoms with Crippen molar-refractivity contribution < 1.29 is 19.1 Å². The quantitative estimate of drug-likeness (QED) is 0.767. The summed E-state index contributed by atoms with van der Waals surface area (Å²) in [6, 6.07) is 6.46. The molecule has 0 spiro atoms. The van der Waals surface area contributed by atoms with Gasteiger partial charge < -0.3 is 9.47 Å². The molecule has 2 amide bonds. The molecule has 2 aliphatic heterocycles. The van der Waals surface area contributed by atoms with Crippen molar-refractivity contribution in [2.75, 3.05) is 13.2 Å². The summed E-state index contributed by atoms with van der Waals surface area (Å²) in [5.74, 6) is -0.550. The summed E-state index contributed by atoms with van der Waals surface area (Å²) in [4.78, 5) is 25.9. The Labute approximate surface area is 117 Å². The molecule has 1 atom stereocenters. The molecule has 0 aromatic heterocycles. The van der Waals surface area contributed by atoms with Crippen molar-refractivity contribution in [3.05, 3.63) is 42.3 Å². The standard InChI is InChI=1S/C15H16NO4/c1-9(2)15-19-7-10(8-20-15)16-13(17)11-5-3-4-6-12(11)14(16)18/h3-6,9-10,15H,1,7-8H2,2H3. The minimum atomic E-state index is -0.377. The average Bonchev–Trinajstić information content (AvgIpc) is 2.72. The second kappa shape index (κ2) is 5.00. The first kappa shape index (κ1) is 13.3. The van der Waals surface area contributed by atoms with Crippen LogP contribution in [0.4, 0.5) is 0 Å². The maximum Gasteiger partial charge on any atom is 0.261 e. The van der Waals surface area contributed by atoms with E-state index in [1.54, 1.807) is 24.3 Å². The summed E-state index contributed by atoms with van der Waals surface area (Å²) >= 11 is 0. The molecule has 1 radical (unpaired) electrons. The number of ether oxygens (including phenoxy) is 2. The largest absolute Gasteiger partial charge is 0.350 e. The summed E-state index contributed by atoms with van der Waals surface area (Å²) in [6.45, 7) is 6.32. The number of amides is 2. The highest BCUT2D eigenvalue weighted by molar-refractivity contribution is 6.21. The molecule has 1 aromatic carbocycles.